The molecule has 0 spiro atoms. The minimum atomic E-state index is -0.791. The average Bonchev–Trinajstić information content (AvgIpc) is 3.17. The molecule has 0 N–H and O–H groups in total. The van der Waals surface area contributed by atoms with Crippen LogP contribution in [0.1, 0.15) is 55.6 Å². The molecule has 0 aliphatic carbocycles. The summed E-state index contributed by atoms with van der Waals surface area (Å²) in [5.74, 6) is -1.87. The van der Waals surface area contributed by atoms with Gasteiger partial charge in [-0.15, -0.1) is 0 Å². The largest absolute Gasteiger partial charge is 0.207 e. The van der Waals surface area contributed by atoms with Crippen molar-refractivity contribution in [3.05, 3.63) is 247 Å². The van der Waals surface area contributed by atoms with Gasteiger partial charge in [0.25, 0.3) is 0 Å². The van der Waals surface area contributed by atoms with Gasteiger partial charge in [0.1, 0.15) is 11.6 Å². The van der Waals surface area contributed by atoms with Crippen LogP contribution in [0.3, 0.4) is 0 Å². The first-order chi connectivity index (χ1) is 27.4. The lowest BCUT2D eigenvalue weighted by Crippen LogP contribution is -1.82. The Kier molecular flexibility index (Phi) is 24.8. The molecule has 6 heteroatoms. The van der Waals surface area contributed by atoms with E-state index in [0.29, 0.717) is 0 Å². The van der Waals surface area contributed by atoms with Gasteiger partial charge in [-0.3, -0.25) is 0 Å². The minimum Gasteiger partial charge on any atom is -0.207 e. The first-order valence-corrected chi connectivity index (χ1v) is 19.5. The number of hydrogen-bond acceptors (Lipinski definition) is 0. The Morgan fingerprint density at radius 1 is 0.293 bits per heavy atom. The molecular formula is C52H56Cl2F4. The van der Waals surface area contributed by atoms with Crippen LogP contribution < -0.4 is 0 Å². The summed E-state index contributed by atoms with van der Waals surface area (Å²) >= 11 is 11.4. The zero-order chi connectivity index (χ0) is 43.6. The van der Waals surface area contributed by atoms with Crippen LogP contribution in [0.2, 0.25) is 10.0 Å². The first kappa shape index (κ1) is 50.9. The van der Waals surface area contributed by atoms with Crippen molar-refractivity contribution in [1.29, 1.82) is 0 Å². The van der Waals surface area contributed by atoms with Crippen molar-refractivity contribution >= 4 is 23.2 Å². The second-order valence-corrected chi connectivity index (χ2v) is 14.7. The summed E-state index contributed by atoms with van der Waals surface area (Å²) in [6.45, 7) is 19.8. The van der Waals surface area contributed by atoms with Crippen molar-refractivity contribution in [2.45, 2.75) is 69.2 Å². The van der Waals surface area contributed by atoms with Gasteiger partial charge in [-0.2, -0.15) is 0 Å². The number of aryl methyl sites for hydroxylation is 10. The molecule has 7 rings (SSSR count). The van der Waals surface area contributed by atoms with Crippen molar-refractivity contribution < 1.29 is 17.6 Å². The normalized spacial score (nSPS) is 9.38. The van der Waals surface area contributed by atoms with Crippen molar-refractivity contribution in [2.24, 2.45) is 0 Å². The van der Waals surface area contributed by atoms with E-state index in [-0.39, 0.29) is 11.6 Å². The Morgan fingerprint density at radius 2 is 0.672 bits per heavy atom. The summed E-state index contributed by atoms with van der Waals surface area (Å²) in [5, 5.41) is 1.65. The third kappa shape index (κ3) is 24.5. The highest BCUT2D eigenvalue weighted by Gasteiger charge is 1.97. The molecule has 0 heterocycles. The van der Waals surface area contributed by atoms with Gasteiger partial charge >= 0.3 is 0 Å². The zero-order valence-corrected chi connectivity index (χ0v) is 36.8. The summed E-state index contributed by atoms with van der Waals surface area (Å²) < 4.78 is 48.9. The highest BCUT2D eigenvalue weighted by Crippen LogP contribution is 2.15. The molecule has 0 radical (unpaired) electrons. The van der Waals surface area contributed by atoms with E-state index in [2.05, 4.69) is 70.2 Å². The van der Waals surface area contributed by atoms with Crippen LogP contribution >= 0.6 is 23.2 Å². The molecule has 306 valence electrons. The SMILES string of the molecule is Cc1ccc(Cl)c(C)c1.Cc1ccc(Cl)cc1.Cc1ccc(F)c(C)c1.Cc1ccc(F)c(F)c1.Cc1ccc(F)cc1.Cc1cccc(C)c1.Cc1ccccc1. The predicted molar refractivity (Wildman–Crippen MR) is 242 cm³/mol. The zero-order valence-electron chi connectivity index (χ0n) is 35.3. The van der Waals surface area contributed by atoms with Gasteiger partial charge in [-0.05, 0) is 134 Å². The highest BCUT2D eigenvalue weighted by atomic mass is 35.5. The molecule has 0 fully saturated rings. The lowest BCUT2D eigenvalue weighted by molar-refractivity contribution is 0.508. The minimum absolute atomic E-state index is 0.124. The topological polar surface area (TPSA) is 0 Å². The molecule has 58 heavy (non-hydrogen) atoms. The first-order valence-electron chi connectivity index (χ1n) is 18.7. The summed E-state index contributed by atoms with van der Waals surface area (Å²) in [7, 11) is 0. The molecule has 0 saturated carbocycles. The van der Waals surface area contributed by atoms with Gasteiger partial charge in [-0.25, -0.2) is 17.6 Å². The van der Waals surface area contributed by atoms with Crippen molar-refractivity contribution in [3.8, 4) is 0 Å². The van der Waals surface area contributed by atoms with Crippen LogP contribution in [0.4, 0.5) is 17.6 Å². The van der Waals surface area contributed by atoms with Gasteiger partial charge in [-0.1, -0.05) is 171 Å². The van der Waals surface area contributed by atoms with Crippen LogP contribution in [0, 0.1) is 92.5 Å². The molecule has 0 unspecified atom stereocenters. The number of rotatable bonds is 0. The van der Waals surface area contributed by atoms with E-state index in [4.69, 9.17) is 23.2 Å². The lowest BCUT2D eigenvalue weighted by Gasteiger charge is -1.96. The van der Waals surface area contributed by atoms with E-state index in [0.717, 1.165) is 50.0 Å². The van der Waals surface area contributed by atoms with Crippen LogP contribution in [-0.4, -0.2) is 0 Å². The average molecular weight is 828 g/mol. The maximum absolute atomic E-state index is 12.5. The molecule has 0 saturated heterocycles. The van der Waals surface area contributed by atoms with Crippen LogP contribution in [0.25, 0.3) is 0 Å². The van der Waals surface area contributed by atoms with Gasteiger partial charge in [0.05, 0.1) is 0 Å². The smallest absolute Gasteiger partial charge is 0.159 e. The van der Waals surface area contributed by atoms with E-state index in [1.54, 1.807) is 32.0 Å². The monoisotopic (exact) mass is 826 g/mol. The lowest BCUT2D eigenvalue weighted by atomic mass is 10.1. The van der Waals surface area contributed by atoms with Crippen LogP contribution in [0.5, 0.6) is 0 Å². The number of hydrogen-bond donors (Lipinski definition) is 0. The Hall–Kier alpha value is -5.16. The Morgan fingerprint density at radius 3 is 1.00 bits per heavy atom. The molecule has 0 aliphatic rings. The third-order valence-electron chi connectivity index (χ3n) is 7.84. The molecule has 7 aromatic carbocycles. The maximum atomic E-state index is 12.5. The van der Waals surface area contributed by atoms with Gasteiger partial charge < -0.3 is 0 Å². The molecule has 0 aliphatic heterocycles. The molecule has 0 atom stereocenters. The Balaban J connectivity index is 0.000000339. The molecule has 0 aromatic heterocycles. The number of benzene rings is 7. The molecule has 7 aromatic rings. The van der Waals surface area contributed by atoms with Crippen LogP contribution in [0.15, 0.2) is 158 Å². The van der Waals surface area contributed by atoms with E-state index in [1.165, 1.54) is 52.1 Å². The Bertz CT molecular complexity index is 1960. The van der Waals surface area contributed by atoms with E-state index in [1.807, 2.05) is 88.4 Å². The molecule has 0 amide bonds. The summed E-state index contributed by atoms with van der Waals surface area (Å²) in [6, 6.07) is 47.8. The highest BCUT2D eigenvalue weighted by molar-refractivity contribution is 6.31. The van der Waals surface area contributed by atoms with Gasteiger partial charge in [0.2, 0.25) is 0 Å². The fourth-order valence-corrected chi connectivity index (χ4v) is 4.84. The fourth-order valence-electron chi connectivity index (χ4n) is 4.60. The quantitative estimate of drug-likeness (QED) is 0.134. The third-order valence-corrected chi connectivity index (χ3v) is 8.51. The molecular weight excluding hydrogens is 771 g/mol. The predicted octanol–water partition coefficient (Wildman–Crippen LogP) is 16.8. The fraction of sp³-hybridized carbons (Fsp3) is 0.192. The van der Waals surface area contributed by atoms with E-state index >= 15 is 0 Å². The summed E-state index contributed by atoms with van der Waals surface area (Å²) in [5.41, 5.74) is 11.3. The van der Waals surface area contributed by atoms with Gasteiger partial charge in [0.15, 0.2) is 11.6 Å². The second kappa shape index (κ2) is 28.3. The van der Waals surface area contributed by atoms with Crippen molar-refractivity contribution in [1.82, 2.24) is 0 Å². The maximum Gasteiger partial charge on any atom is 0.159 e. The molecule has 0 nitrogen and oxygen atoms in total. The second-order valence-electron chi connectivity index (χ2n) is 13.8. The standard InChI is InChI=1S/C8H9Cl.C8H9F.C8H10.C7H7Cl.C7H6F2.C7H7F.C7H8/c2*1-6-3-4-8(9)7(2)5-6;1-7-4-3-5-8(2)6-7;1-6-2-4-7(8)5-3-6;1-5-2-3-6(8)7(9)4-5;1-6-2-4-7(8)5-3-6;1-7-5-3-2-4-6-7/h2*3-5H,1-2H3;3-6H,1-2H3;2-5H,1H3;2-4H,1H3;2-5H,1H3;2-6H,1H3. The number of halogens is 6. The van der Waals surface area contributed by atoms with Crippen molar-refractivity contribution in [3.63, 3.8) is 0 Å². The molecule has 0 bridgehead atoms. The summed E-state index contributed by atoms with van der Waals surface area (Å²) in [6.07, 6.45) is 0. The Labute approximate surface area is 355 Å². The van der Waals surface area contributed by atoms with E-state index < -0.39 is 11.6 Å². The van der Waals surface area contributed by atoms with E-state index in [9.17, 15) is 17.6 Å². The summed E-state index contributed by atoms with van der Waals surface area (Å²) in [4.78, 5) is 0. The van der Waals surface area contributed by atoms with Crippen LogP contribution in [-0.2, 0) is 0 Å². The van der Waals surface area contributed by atoms with Gasteiger partial charge in [0, 0.05) is 10.0 Å². The van der Waals surface area contributed by atoms with Crippen molar-refractivity contribution in [2.75, 3.05) is 0 Å².